The van der Waals surface area contributed by atoms with E-state index in [1.165, 1.54) is 5.69 Å². The number of hydrogen-bond donors (Lipinski definition) is 0. The van der Waals surface area contributed by atoms with Gasteiger partial charge in [0.15, 0.2) is 0 Å². The number of thiazole rings is 1. The van der Waals surface area contributed by atoms with Gasteiger partial charge in [-0.1, -0.05) is 23.5 Å². The molecule has 0 saturated heterocycles. The Balaban J connectivity index is 1.77. The van der Waals surface area contributed by atoms with Crippen molar-refractivity contribution in [3.8, 4) is 0 Å². The molecule has 0 saturated carbocycles. The number of para-hydroxylation sites is 1. The summed E-state index contributed by atoms with van der Waals surface area (Å²) >= 11 is 1.55. The Hall–Kier alpha value is -2.27. The molecule has 0 atom stereocenters. The Labute approximate surface area is 134 Å². The summed E-state index contributed by atoms with van der Waals surface area (Å²) in [7, 11) is 0. The molecule has 0 aliphatic rings. The highest BCUT2D eigenvalue weighted by atomic mass is 32.1. The number of hydrogen-bond acceptors (Lipinski definition) is 5. The van der Waals surface area contributed by atoms with Crippen LogP contribution in [0, 0.1) is 0 Å². The Morgan fingerprint density at radius 2 is 1.68 bits per heavy atom. The van der Waals surface area contributed by atoms with Crippen molar-refractivity contribution in [2.24, 2.45) is 10.2 Å². The quantitative estimate of drug-likeness (QED) is 0.579. The van der Waals surface area contributed by atoms with Gasteiger partial charge in [0.1, 0.15) is 0 Å². The van der Waals surface area contributed by atoms with Crippen LogP contribution in [0.2, 0.25) is 0 Å². The first-order chi connectivity index (χ1) is 10.8. The van der Waals surface area contributed by atoms with Crippen molar-refractivity contribution in [3.63, 3.8) is 0 Å². The highest BCUT2D eigenvalue weighted by Crippen LogP contribution is 2.29. The first-order valence-corrected chi connectivity index (χ1v) is 8.24. The summed E-state index contributed by atoms with van der Waals surface area (Å²) in [5, 5.41) is 9.21. The number of anilines is 1. The first-order valence-electron chi connectivity index (χ1n) is 7.42. The number of fused-ring (bicyclic) bond motifs is 1. The van der Waals surface area contributed by atoms with Crippen molar-refractivity contribution in [2.75, 3.05) is 18.0 Å². The summed E-state index contributed by atoms with van der Waals surface area (Å²) in [5.41, 5.74) is 3.03. The molecule has 0 aliphatic heterocycles. The SMILES string of the molecule is CCN(CC)c1ccc(N=Nc2nc3ccccc3s2)cc1. The van der Waals surface area contributed by atoms with E-state index in [1.54, 1.807) is 11.3 Å². The molecule has 22 heavy (non-hydrogen) atoms. The molecule has 1 heterocycles. The number of nitrogens with zero attached hydrogens (tertiary/aromatic N) is 4. The predicted octanol–water partition coefficient (Wildman–Crippen LogP) is 5.56. The Morgan fingerprint density at radius 1 is 0.955 bits per heavy atom. The van der Waals surface area contributed by atoms with Crippen LogP contribution in [0.3, 0.4) is 0 Å². The van der Waals surface area contributed by atoms with Gasteiger partial charge in [-0.2, -0.15) is 0 Å². The molecule has 0 fully saturated rings. The molecule has 3 aromatic rings. The van der Waals surface area contributed by atoms with Crippen LogP contribution < -0.4 is 4.90 Å². The van der Waals surface area contributed by atoms with Gasteiger partial charge in [-0.3, -0.25) is 0 Å². The minimum Gasteiger partial charge on any atom is -0.372 e. The second-order valence-corrected chi connectivity index (χ2v) is 5.86. The van der Waals surface area contributed by atoms with Crippen LogP contribution in [0.15, 0.2) is 58.8 Å². The second kappa shape index (κ2) is 6.66. The number of aromatic nitrogens is 1. The zero-order chi connectivity index (χ0) is 15.4. The minimum atomic E-state index is 0.689. The summed E-state index contributed by atoms with van der Waals surface area (Å²) in [6.07, 6.45) is 0. The maximum absolute atomic E-state index is 4.45. The van der Waals surface area contributed by atoms with E-state index in [-0.39, 0.29) is 0 Å². The molecule has 0 aliphatic carbocycles. The lowest BCUT2D eigenvalue weighted by Crippen LogP contribution is -2.21. The predicted molar refractivity (Wildman–Crippen MR) is 93.8 cm³/mol. The molecule has 0 unspecified atom stereocenters. The van der Waals surface area contributed by atoms with Gasteiger partial charge in [0.25, 0.3) is 0 Å². The van der Waals surface area contributed by atoms with Crippen molar-refractivity contribution in [1.82, 2.24) is 4.98 Å². The van der Waals surface area contributed by atoms with Crippen LogP contribution in [0.25, 0.3) is 10.2 Å². The summed E-state index contributed by atoms with van der Waals surface area (Å²) in [6.45, 7) is 6.32. The van der Waals surface area contributed by atoms with Gasteiger partial charge in [-0.15, -0.1) is 10.2 Å². The second-order valence-electron chi connectivity index (χ2n) is 4.85. The minimum absolute atomic E-state index is 0.689. The van der Waals surface area contributed by atoms with E-state index in [4.69, 9.17) is 0 Å². The molecule has 5 heteroatoms. The van der Waals surface area contributed by atoms with Crippen LogP contribution in [0.1, 0.15) is 13.8 Å². The third-order valence-electron chi connectivity index (χ3n) is 3.51. The molecule has 0 radical (unpaired) electrons. The Kier molecular flexibility index (Phi) is 4.44. The monoisotopic (exact) mass is 310 g/mol. The van der Waals surface area contributed by atoms with E-state index < -0.39 is 0 Å². The third kappa shape index (κ3) is 3.14. The highest BCUT2D eigenvalue weighted by Gasteiger charge is 2.03. The van der Waals surface area contributed by atoms with Gasteiger partial charge in [0.2, 0.25) is 5.13 Å². The average molecular weight is 310 g/mol. The van der Waals surface area contributed by atoms with Gasteiger partial charge in [-0.25, -0.2) is 4.98 Å². The van der Waals surface area contributed by atoms with Crippen LogP contribution in [-0.4, -0.2) is 18.1 Å². The summed E-state index contributed by atoms with van der Waals surface area (Å²) in [5.74, 6) is 0. The van der Waals surface area contributed by atoms with E-state index in [0.717, 1.165) is 29.0 Å². The number of rotatable bonds is 5. The van der Waals surface area contributed by atoms with Crippen molar-refractivity contribution in [3.05, 3.63) is 48.5 Å². The largest absolute Gasteiger partial charge is 0.372 e. The molecular weight excluding hydrogens is 292 g/mol. The normalized spacial score (nSPS) is 11.4. The average Bonchev–Trinajstić information content (AvgIpc) is 2.98. The standard InChI is InChI=1S/C17H18N4S/c1-3-21(4-2)14-11-9-13(10-12-14)19-20-17-18-15-7-5-6-8-16(15)22-17/h5-12H,3-4H2,1-2H3. The third-order valence-corrected chi connectivity index (χ3v) is 4.43. The summed E-state index contributed by atoms with van der Waals surface area (Å²) in [6, 6.07) is 16.2. The maximum atomic E-state index is 4.45. The Morgan fingerprint density at radius 3 is 2.36 bits per heavy atom. The van der Waals surface area contributed by atoms with Crippen LogP contribution in [0.5, 0.6) is 0 Å². The van der Waals surface area contributed by atoms with Gasteiger partial charge < -0.3 is 4.90 Å². The van der Waals surface area contributed by atoms with Gasteiger partial charge in [-0.05, 0) is 50.2 Å². The van der Waals surface area contributed by atoms with Crippen molar-refractivity contribution in [2.45, 2.75) is 13.8 Å². The van der Waals surface area contributed by atoms with Crippen LogP contribution in [0.4, 0.5) is 16.5 Å². The maximum Gasteiger partial charge on any atom is 0.231 e. The lowest BCUT2D eigenvalue weighted by Gasteiger charge is -2.20. The molecule has 0 N–H and O–H groups in total. The molecule has 3 rings (SSSR count). The zero-order valence-corrected chi connectivity index (χ0v) is 13.5. The number of azo groups is 1. The molecule has 0 spiro atoms. The molecule has 0 amide bonds. The van der Waals surface area contributed by atoms with Crippen molar-refractivity contribution >= 4 is 38.1 Å². The Bertz CT molecular complexity index is 740. The lowest BCUT2D eigenvalue weighted by atomic mass is 10.2. The molecule has 4 nitrogen and oxygen atoms in total. The zero-order valence-electron chi connectivity index (χ0n) is 12.7. The summed E-state index contributed by atoms with van der Waals surface area (Å²) in [4.78, 5) is 6.75. The number of benzene rings is 2. The molecular formula is C17H18N4S. The molecule has 112 valence electrons. The molecule has 2 aromatic carbocycles. The first kappa shape index (κ1) is 14.7. The highest BCUT2D eigenvalue weighted by molar-refractivity contribution is 7.21. The fraction of sp³-hybridized carbons (Fsp3) is 0.235. The van der Waals surface area contributed by atoms with Crippen LogP contribution >= 0.6 is 11.3 Å². The summed E-state index contributed by atoms with van der Waals surface area (Å²) < 4.78 is 1.13. The van der Waals surface area contributed by atoms with E-state index in [1.807, 2.05) is 36.4 Å². The van der Waals surface area contributed by atoms with Crippen LogP contribution in [-0.2, 0) is 0 Å². The smallest absolute Gasteiger partial charge is 0.231 e. The van der Waals surface area contributed by atoms with E-state index in [9.17, 15) is 0 Å². The van der Waals surface area contributed by atoms with Gasteiger partial charge in [0, 0.05) is 18.8 Å². The van der Waals surface area contributed by atoms with Gasteiger partial charge >= 0.3 is 0 Å². The van der Waals surface area contributed by atoms with E-state index >= 15 is 0 Å². The lowest BCUT2D eigenvalue weighted by molar-refractivity contribution is 0.866. The molecule has 0 bridgehead atoms. The van der Waals surface area contributed by atoms with E-state index in [0.29, 0.717) is 5.13 Å². The van der Waals surface area contributed by atoms with Gasteiger partial charge in [0.05, 0.1) is 15.9 Å². The molecule has 1 aromatic heterocycles. The topological polar surface area (TPSA) is 40.9 Å². The fourth-order valence-electron chi connectivity index (χ4n) is 2.32. The fourth-order valence-corrected chi connectivity index (χ4v) is 3.11. The van der Waals surface area contributed by atoms with Crippen molar-refractivity contribution in [1.29, 1.82) is 0 Å². The van der Waals surface area contributed by atoms with E-state index in [2.05, 4.69) is 46.1 Å². The van der Waals surface area contributed by atoms with Crippen molar-refractivity contribution < 1.29 is 0 Å².